The molecule has 1 aromatic rings. The van der Waals surface area contributed by atoms with Gasteiger partial charge < -0.3 is 10.4 Å². The monoisotopic (exact) mass is 275 g/mol. The minimum absolute atomic E-state index is 0.352. The summed E-state index contributed by atoms with van der Waals surface area (Å²) in [4.78, 5) is 0. The van der Waals surface area contributed by atoms with Gasteiger partial charge in [0.25, 0.3) is 0 Å². The number of benzene rings is 1. The number of aryl methyl sites for hydroxylation is 1. The van der Waals surface area contributed by atoms with Gasteiger partial charge in [-0.25, -0.2) is 0 Å². The van der Waals surface area contributed by atoms with E-state index in [1.165, 1.54) is 24.8 Å². The number of hydrogen-bond donors (Lipinski definition) is 2. The van der Waals surface area contributed by atoms with Crippen LogP contribution in [0.15, 0.2) is 24.3 Å². The fraction of sp³-hybridized carbons (Fsp3) is 0.667. The standard InChI is InChI=1S/C18H29NO/c1-13-5-4-6-18(15(13)3)19-14(2)7-8-16-9-11-17(20)12-10-16/h9-15,18-20H,4-8H2,1-3H3/t13-,14+,15-,18-/m1/s1. The van der Waals surface area contributed by atoms with E-state index < -0.39 is 0 Å². The molecule has 20 heavy (non-hydrogen) atoms. The zero-order valence-corrected chi connectivity index (χ0v) is 13.1. The molecule has 0 aromatic heterocycles. The van der Waals surface area contributed by atoms with Crippen LogP contribution in [-0.4, -0.2) is 17.2 Å². The molecule has 1 fully saturated rings. The minimum Gasteiger partial charge on any atom is -0.508 e. The molecule has 0 amide bonds. The molecule has 0 spiro atoms. The average Bonchev–Trinajstić information content (AvgIpc) is 2.43. The molecule has 1 aliphatic rings. The van der Waals surface area contributed by atoms with Crippen LogP contribution in [0, 0.1) is 11.8 Å². The molecule has 2 heteroatoms. The Balaban J connectivity index is 1.77. The number of hydrogen-bond acceptors (Lipinski definition) is 2. The number of aromatic hydroxyl groups is 1. The van der Waals surface area contributed by atoms with E-state index >= 15 is 0 Å². The molecule has 2 rings (SSSR count). The normalized spacial score (nSPS) is 28.2. The molecule has 0 bridgehead atoms. The van der Waals surface area contributed by atoms with Gasteiger partial charge in [-0.3, -0.25) is 0 Å². The highest BCUT2D eigenvalue weighted by Crippen LogP contribution is 2.29. The highest BCUT2D eigenvalue weighted by atomic mass is 16.3. The predicted molar refractivity (Wildman–Crippen MR) is 85.0 cm³/mol. The first-order valence-corrected chi connectivity index (χ1v) is 8.10. The third-order valence-electron chi connectivity index (χ3n) is 5.01. The van der Waals surface area contributed by atoms with Gasteiger partial charge in [-0.2, -0.15) is 0 Å². The first kappa shape index (κ1) is 15.4. The Kier molecular flexibility index (Phi) is 5.47. The Morgan fingerprint density at radius 2 is 1.90 bits per heavy atom. The van der Waals surface area contributed by atoms with Crippen molar-refractivity contribution in [2.24, 2.45) is 11.8 Å². The summed E-state index contributed by atoms with van der Waals surface area (Å²) < 4.78 is 0. The highest BCUT2D eigenvalue weighted by molar-refractivity contribution is 5.25. The van der Waals surface area contributed by atoms with E-state index in [1.807, 2.05) is 12.1 Å². The second kappa shape index (κ2) is 7.12. The zero-order valence-electron chi connectivity index (χ0n) is 13.1. The van der Waals surface area contributed by atoms with Crippen LogP contribution in [-0.2, 0) is 6.42 Å². The lowest BCUT2D eigenvalue weighted by atomic mass is 9.78. The van der Waals surface area contributed by atoms with Gasteiger partial charge in [0.2, 0.25) is 0 Å². The van der Waals surface area contributed by atoms with Crippen molar-refractivity contribution < 1.29 is 5.11 Å². The smallest absolute Gasteiger partial charge is 0.115 e. The SMILES string of the molecule is C[C@@H]1[C@H](C)CCC[C@H]1N[C@@H](C)CCc1ccc(O)cc1. The van der Waals surface area contributed by atoms with Crippen molar-refractivity contribution in [2.75, 3.05) is 0 Å². The number of phenols is 1. The van der Waals surface area contributed by atoms with Crippen molar-refractivity contribution in [1.82, 2.24) is 5.32 Å². The second-order valence-electron chi connectivity index (χ2n) is 6.65. The van der Waals surface area contributed by atoms with Crippen LogP contribution < -0.4 is 5.32 Å². The average molecular weight is 275 g/mol. The van der Waals surface area contributed by atoms with Crippen LogP contribution in [0.2, 0.25) is 0 Å². The van der Waals surface area contributed by atoms with E-state index in [2.05, 4.69) is 26.1 Å². The first-order chi connectivity index (χ1) is 9.56. The number of nitrogens with one attached hydrogen (secondary N) is 1. The topological polar surface area (TPSA) is 32.3 Å². The van der Waals surface area contributed by atoms with Crippen LogP contribution in [0.5, 0.6) is 5.75 Å². The Bertz CT molecular complexity index is 400. The zero-order chi connectivity index (χ0) is 14.5. The lowest BCUT2D eigenvalue weighted by Crippen LogP contribution is -2.44. The minimum atomic E-state index is 0.352. The van der Waals surface area contributed by atoms with E-state index in [0.29, 0.717) is 17.8 Å². The Morgan fingerprint density at radius 1 is 1.20 bits per heavy atom. The van der Waals surface area contributed by atoms with Crippen molar-refractivity contribution in [1.29, 1.82) is 0 Å². The lowest BCUT2D eigenvalue weighted by Gasteiger charge is -2.36. The van der Waals surface area contributed by atoms with E-state index in [0.717, 1.165) is 24.7 Å². The van der Waals surface area contributed by atoms with Gasteiger partial charge in [0.15, 0.2) is 0 Å². The molecule has 2 N–H and O–H groups in total. The summed E-state index contributed by atoms with van der Waals surface area (Å²) in [6, 6.07) is 8.84. The van der Waals surface area contributed by atoms with Gasteiger partial charge in [0.05, 0.1) is 0 Å². The summed E-state index contributed by atoms with van der Waals surface area (Å²) in [7, 11) is 0. The summed E-state index contributed by atoms with van der Waals surface area (Å²) in [6.07, 6.45) is 6.32. The maximum Gasteiger partial charge on any atom is 0.115 e. The van der Waals surface area contributed by atoms with Crippen molar-refractivity contribution in [2.45, 2.75) is 65.0 Å². The van der Waals surface area contributed by atoms with Gasteiger partial charge in [-0.15, -0.1) is 0 Å². The van der Waals surface area contributed by atoms with Crippen molar-refractivity contribution in [3.05, 3.63) is 29.8 Å². The lowest BCUT2D eigenvalue weighted by molar-refractivity contribution is 0.194. The predicted octanol–water partition coefficient (Wildman–Crippen LogP) is 4.13. The molecule has 2 nitrogen and oxygen atoms in total. The van der Waals surface area contributed by atoms with Gasteiger partial charge >= 0.3 is 0 Å². The van der Waals surface area contributed by atoms with Crippen LogP contribution in [0.3, 0.4) is 0 Å². The number of rotatable bonds is 5. The van der Waals surface area contributed by atoms with Crippen molar-refractivity contribution in [3.8, 4) is 5.75 Å². The Hall–Kier alpha value is -1.02. The molecular weight excluding hydrogens is 246 g/mol. The molecule has 112 valence electrons. The van der Waals surface area contributed by atoms with Crippen LogP contribution in [0.1, 0.15) is 52.0 Å². The van der Waals surface area contributed by atoms with Crippen molar-refractivity contribution >= 4 is 0 Å². The quantitative estimate of drug-likeness (QED) is 0.847. The van der Waals surface area contributed by atoms with Crippen molar-refractivity contribution in [3.63, 3.8) is 0 Å². The summed E-state index contributed by atoms with van der Waals surface area (Å²) in [5, 5.41) is 13.1. The summed E-state index contributed by atoms with van der Waals surface area (Å²) in [6.45, 7) is 7.08. The molecular formula is C18H29NO. The fourth-order valence-corrected chi connectivity index (χ4v) is 3.31. The maximum absolute atomic E-state index is 9.29. The Morgan fingerprint density at radius 3 is 2.60 bits per heavy atom. The van der Waals surface area contributed by atoms with Gasteiger partial charge in [0.1, 0.15) is 5.75 Å². The van der Waals surface area contributed by atoms with Crippen LogP contribution >= 0.6 is 0 Å². The van der Waals surface area contributed by atoms with Crippen LogP contribution in [0.4, 0.5) is 0 Å². The summed E-state index contributed by atoms with van der Waals surface area (Å²) >= 11 is 0. The summed E-state index contributed by atoms with van der Waals surface area (Å²) in [5.74, 6) is 2.00. The maximum atomic E-state index is 9.29. The first-order valence-electron chi connectivity index (χ1n) is 8.10. The van der Waals surface area contributed by atoms with E-state index in [4.69, 9.17) is 0 Å². The molecule has 0 aliphatic heterocycles. The van der Waals surface area contributed by atoms with E-state index in [1.54, 1.807) is 12.1 Å². The molecule has 0 unspecified atom stereocenters. The molecule has 0 radical (unpaired) electrons. The largest absolute Gasteiger partial charge is 0.508 e. The fourth-order valence-electron chi connectivity index (χ4n) is 3.31. The molecule has 1 aromatic carbocycles. The Labute approximate surface area is 123 Å². The van der Waals surface area contributed by atoms with Gasteiger partial charge in [0, 0.05) is 12.1 Å². The third kappa shape index (κ3) is 4.24. The number of phenolic OH excluding ortho intramolecular Hbond substituents is 1. The molecule has 1 saturated carbocycles. The summed E-state index contributed by atoms with van der Waals surface area (Å²) in [5.41, 5.74) is 1.31. The molecule has 0 heterocycles. The van der Waals surface area contributed by atoms with Crippen LogP contribution in [0.25, 0.3) is 0 Å². The highest BCUT2D eigenvalue weighted by Gasteiger charge is 2.27. The van der Waals surface area contributed by atoms with Gasteiger partial charge in [-0.05, 0) is 55.7 Å². The molecule has 0 saturated heterocycles. The van der Waals surface area contributed by atoms with E-state index in [9.17, 15) is 5.11 Å². The third-order valence-corrected chi connectivity index (χ3v) is 5.01. The van der Waals surface area contributed by atoms with Gasteiger partial charge in [-0.1, -0.05) is 38.8 Å². The van der Waals surface area contributed by atoms with E-state index in [-0.39, 0.29) is 0 Å². The molecule has 4 atom stereocenters. The molecule has 1 aliphatic carbocycles. The second-order valence-corrected chi connectivity index (χ2v) is 6.65.